The van der Waals surface area contributed by atoms with Crippen molar-refractivity contribution in [1.29, 1.82) is 0 Å². The number of alkyl halides is 39. The van der Waals surface area contributed by atoms with Crippen LogP contribution in [0.5, 0.6) is 0 Å². The average Bonchev–Trinajstić information content (AvgIpc) is 2.95. The summed E-state index contributed by atoms with van der Waals surface area (Å²) < 4.78 is 504. The van der Waals surface area contributed by atoms with Gasteiger partial charge in [0.1, 0.15) is 0 Å². The van der Waals surface area contributed by atoms with Crippen LogP contribution < -0.4 is 0 Å². The topological polar surface area (TPSA) is 3.24 Å². The van der Waals surface area contributed by atoms with E-state index in [0.717, 1.165) is 0 Å². The van der Waals surface area contributed by atoms with Gasteiger partial charge in [0.15, 0.2) is 0 Å². The Hall–Kier alpha value is -2.77. The fourth-order valence-electron chi connectivity index (χ4n) is 4.42. The van der Waals surface area contributed by atoms with Gasteiger partial charge in [0, 0.05) is 0 Å². The van der Waals surface area contributed by atoms with Gasteiger partial charge in [-0.2, -0.15) is 162 Å². The Morgan fingerprint density at radius 2 is 0.373 bits per heavy atom. The van der Waals surface area contributed by atoms with E-state index in [1.807, 2.05) is 0 Å². The molecule has 0 radical (unpaired) electrons. The molecule has 0 aromatic rings. The number of nitrogens with zero attached hydrogens (tertiary/aromatic N) is 1. The molecule has 0 saturated heterocycles. The second kappa shape index (κ2) is 12.4. The molecule has 2 aliphatic rings. The van der Waals surface area contributed by atoms with Crippen molar-refractivity contribution in [3.63, 3.8) is 0 Å². The second-order valence-electron chi connectivity index (χ2n) is 11.1. The molecular formula is C19F39N. The first-order valence-corrected chi connectivity index (χ1v) is 12.3. The van der Waals surface area contributed by atoms with Crippen LogP contribution in [0.3, 0.4) is 0 Å². The molecule has 0 amide bonds. The fourth-order valence-corrected chi connectivity index (χ4v) is 4.42. The fraction of sp³-hybridized carbons (Fsp3) is 1.00. The van der Waals surface area contributed by atoms with Crippen molar-refractivity contribution >= 4 is 0 Å². The summed E-state index contributed by atoms with van der Waals surface area (Å²) in [7, 11) is 0. The van der Waals surface area contributed by atoms with Crippen molar-refractivity contribution in [3.05, 3.63) is 0 Å². The summed E-state index contributed by atoms with van der Waals surface area (Å²) in [5.74, 6) is -101. The SMILES string of the molecule is FC(F)(F)N(C(F)(F)C(F)(F)C(F)(F)C(F)(F)F)C(F)(F)C(F)(F)C(F)(F)C(F)(F)F.FC1(F)C(F)(F)C(F)(F)C2(F)C(F)(F)C(F)(F)C(F)(F)C(F)(F)C2(F)C1(F)F. The van der Waals surface area contributed by atoms with Crippen LogP contribution >= 0.6 is 0 Å². The molecule has 0 aromatic heterocycles. The molecule has 354 valence electrons. The smallest absolute Gasteiger partial charge is 0.226 e. The third kappa shape index (κ3) is 5.53. The Kier molecular flexibility index (Phi) is 11.4. The van der Waals surface area contributed by atoms with Crippen LogP contribution in [0.2, 0.25) is 0 Å². The van der Waals surface area contributed by atoms with Gasteiger partial charge in [0.25, 0.3) is 11.3 Å². The summed E-state index contributed by atoms with van der Waals surface area (Å²) in [5, 5.41) is 0. The molecule has 0 bridgehead atoms. The molecular weight excluding hydrogens is 983 g/mol. The van der Waals surface area contributed by atoms with Gasteiger partial charge in [0.05, 0.1) is 0 Å². The molecule has 2 aliphatic carbocycles. The predicted molar refractivity (Wildman–Crippen MR) is 96.9 cm³/mol. The first-order valence-electron chi connectivity index (χ1n) is 12.3. The van der Waals surface area contributed by atoms with Crippen molar-refractivity contribution in [2.24, 2.45) is 0 Å². The zero-order chi connectivity index (χ0) is 49.1. The Bertz CT molecular complexity index is 1420. The summed E-state index contributed by atoms with van der Waals surface area (Å²) in [4.78, 5) is -5.24. The lowest BCUT2D eigenvalue weighted by Gasteiger charge is -2.63. The number of hydrogen-bond donors (Lipinski definition) is 0. The molecule has 2 rings (SSSR count). The van der Waals surface area contributed by atoms with E-state index >= 15 is 0 Å². The lowest BCUT2D eigenvalue weighted by molar-refractivity contribution is -0.560. The van der Waals surface area contributed by atoms with Crippen LogP contribution in [-0.2, 0) is 0 Å². The van der Waals surface area contributed by atoms with Crippen molar-refractivity contribution in [2.45, 2.75) is 113 Å². The monoisotopic (exact) mass is 983 g/mol. The molecule has 0 aliphatic heterocycles. The maximum Gasteiger partial charge on any atom is 0.469 e. The van der Waals surface area contributed by atoms with E-state index in [9.17, 15) is 171 Å². The van der Waals surface area contributed by atoms with Gasteiger partial charge < -0.3 is 0 Å². The third-order valence-electron chi connectivity index (χ3n) is 7.64. The summed E-state index contributed by atoms with van der Waals surface area (Å²) in [6.45, 7) is 0. The molecule has 0 heterocycles. The Morgan fingerprint density at radius 3 is 0.492 bits per heavy atom. The molecule has 40 heteroatoms. The largest absolute Gasteiger partial charge is 0.469 e. The van der Waals surface area contributed by atoms with E-state index in [1.54, 1.807) is 0 Å². The molecule has 0 aromatic carbocycles. The van der Waals surface area contributed by atoms with E-state index in [4.69, 9.17) is 0 Å². The van der Waals surface area contributed by atoms with E-state index < -0.39 is 118 Å². The molecule has 2 fully saturated rings. The van der Waals surface area contributed by atoms with Gasteiger partial charge in [-0.05, 0) is 0 Å². The van der Waals surface area contributed by atoms with E-state index in [0.29, 0.717) is 0 Å². The van der Waals surface area contributed by atoms with E-state index in [-0.39, 0.29) is 0 Å². The third-order valence-corrected chi connectivity index (χ3v) is 7.64. The van der Waals surface area contributed by atoms with Crippen LogP contribution in [0.1, 0.15) is 0 Å². The van der Waals surface area contributed by atoms with Gasteiger partial charge in [-0.25, -0.2) is 8.78 Å². The van der Waals surface area contributed by atoms with Crippen molar-refractivity contribution in [2.75, 3.05) is 0 Å². The minimum atomic E-state index is -8.90. The summed E-state index contributed by atoms with van der Waals surface area (Å²) >= 11 is 0. The highest BCUT2D eigenvalue weighted by atomic mass is 19.5. The number of rotatable bonds is 6. The number of halogens is 39. The summed E-state index contributed by atoms with van der Waals surface area (Å²) in [5.41, 5.74) is -17.3. The van der Waals surface area contributed by atoms with E-state index in [1.165, 1.54) is 0 Å². The lowest BCUT2D eigenvalue weighted by Crippen LogP contribution is -2.98. The molecule has 2 saturated carbocycles. The maximum absolute atomic E-state index is 14.2. The van der Waals surface area contributed by atoms with Crippen LogP contribution in [0.15, 0.2) is 0 Å². The Morgan fingerprint density at radius 1 is 0.220 bits per heavy atom. The maximum atomic E-state index is 14.2. The minimum Gasteiger partial charge on any atom is -0.226 e. The van der Waals surface area contributed by atoms with E-state index in [2.05, 4.69) is 0 Å². The number of fused-ring (bicyclic) bond motifs is 1. The molecule has 1 nitrogen and oxygen atoms in total. The van der Waals surface area contributed by atoms with Crippen LogP contribution in [0.25, 0.3) is 0 Å². The highest BCUT2D eigenvalue weighted by Crippen LogP contribution is 2.81. The van der Waals surface area contributed by atoms with Crippen molar-refractivity contribution < 1.29 is 171 Å². The van der Waals surface area contributed by atoms with Gasteiger partial charge >= 0.3 is 102 Å². The van der Waals surface area contributed by atoms with Gasteiger partial charge in [-0.3, -0.25) is 0 Å². The normalized spacial score (nSPS) is 29.3. The minimum absolute atomic E-state index is 5.24. The van der Waals surface area contributed by atoms with Gasteiger partial charge in [0.2, 0.25) is 0 Å². The highest BCUT2D eigenvalue weighted by Gasteiger charge is 3.15. The lowest BCUT2D eigenvalue weighted by atomic mass is 9.54. The average molecular weight is 983 g/mol. The van der Waals surface area contributed by atoms with Gasteiger partial charge in [-0.15, -0.1) is 0 Å². The quantitative estimate of drug-likeness (QED) is 0.189. The molecule has 0 N–H and O–H groups in total. The standard InChI is InChI=1S/C10F18.C9F21N/c11-1-2(12,5(17,18)9(25,26)7(21,22)3(1,13)14)6(19,20)10(27,28)8(23,24)4(1,15)16;10-1(11,5(18,19)20)3(14,15)7(24,25)31(9(28,29)30)8(26,27)4(16,17)2(12,13)6(21,22)23. The first kappa shape index (κ1) is 54.2. The zero-order valence-electron chi connectivity index (χ0n) is 24.7. The zero-order valence-corrected chi connectivity index (χ0v) is 24.7. The van der Waals surface area contributed by atoms with Crippen molar-refractivity contribution in [3.8, 4) is 0 Å². The second-order valence-corrected chi connectivity index (χ2v) is 11.1. The van der Waals surface area contributed by atoms with Gasteiger partial charge in [-0.1, -0.05) is 4.90 Å². The summed E-state index contributed by atoms with van der Waals surface area (Å²) in [6.07, 6.45) is -24.3. The van der Waals surface area contributed by atoms with Crippen LogP contribution in [-0.4, -0.2) is 118 Å². The molecule has 0 unspecified atom stereocenters. The van der Waals surface area contributed by atoms with Crippen LogP contribution in [0, 0.1) is 0 Å². The molecule has 0 atom stereocenters. The summed E-state index contributed by atoms with van der Waals surface area (Å²) in [6, 6.07) is -17.8. The molecule has 59 heavy (non-hydrogen) atoms. The number of hydrogen-bond acceptors (Lipinski definition) is 1. The molecule has 0 spiro atoms. The van der Waals surface area contributed by atoms with Crippen LogP contribution in [0.4, 0.5) is 171 Å². The van der Waals surface area contributed by atoms with Crippen molar-refractivity contribution in [1.82, 2.24) is 4.90 Å². The first-order chi connectivity index (χ1) is 24.6. The highest BCUT2D eigenvalue weighted by molar-refractivity contribution is 5.42. The Labute approximate surface area is 291 Å². The predicted octanol–water partition coefficient (Wildman–Crippen LogP) is 12.2. The Balaban J connectivity index is 0.000000592.